The minimum absolute atomic E-state index is 0.165. The number of carbonyl (C=O) groups excluding carboxylic acids is 2. The summed E-state index contributed by atoms with van der Waals surface area (Å²) >= 11 is 0. The molecule has 2 amide bonds. The fraction of sp³-hybridized carbons (Fsp3) is 0.857. The van der Waals surface area contributed by atoms with Gasteiger partial charge in [-0.25, -0.2) is 0 Å². The molecule has 0 bridgehead atoms. The van der Waals surface area contributed by atoms with E-state index in [9.17, 15) is 9.59 Å². The summed E-state index contributed by atoms with van der Waals surface area (Å²) in [6, 6.07) is 0.428. The average Bonchev–Trinajstić information content (AvgIpc) is 2.74. The molecule has 2 aliphatic rings. The van der Waals surface area contributed by atoms with Crippen LogP contribution in [0.1, 0.15) is 44.9 Å². The Balaban J connectivity index is 1.58. The molecule has 2 fully saturated rings. The van der Waals surface area contributed by atoms with Gasteiger partial charge in [-0.3, -0.25) is 14.9 Å². The van der Waals surface area contributed by atoms with Crippen molar-refractivity contribution in [2.45, 2.75) is 57.0 Å². The lowest BCUT2D eigenvalue weighted by Gasteiger charge is -2.31. The van der Waals surface area contributed by atoms with Gasteiger partial charge < -0.3 is 10.2 Å². The van der Waals surface area contributed by atoms with E-state index >= 15 is 0 Å². The Bertz CT molecular complexity index is 327. The number of nitrogens with one attached hydrogen (secondary N) is 2. The van der Waals surface area contributed by atoms with Crippen LogP contribution < -0.4 is 10.6 Å². The number of carbonyl (C=O) groups is 2. The van der Waals surface area contributed by atoms with Gasteiger partial charge in [0, 0.05) is 6.04 Å². The van der Waals surface area contributed by atoms with E-state index in [0.717, 1.165) is 25.6 Å². The largest absolute Gasteiger partial charge is 0.305 e. The average molecular weight is 267 g/mol. The van der Waals surface area contributed by atoms with Crippen molar-refractivity contribution in [1.29, 1.82) is 0 Å². The molecular formula is C14H25N3O2. The Morgan fingerprint density at radius 2 is 2.00 bits per heavy atom. The maximum atomic E-state index is 11.4. The summed E-state index contributed by atoms with van der Waals surface area (Å²) < 4.78 is 0. The molecule has 5 heteroatoms. The number of imide groups is 1. The lowest BCUT2D eigenvalue weighted by atomic mass is 9.94. The molecule has 1 aliphatic heterocycles. The molecule has 5 nitrogen and oxygen atoms in total. The third-order valence-corrected chi connectivity index (χ3v) is 4.25. The van der Waals surface area contributed by atoms with Gasteiger partial charge in [0.25, 0.3) is 0 Å². The highest BCUT2D eigenvalue weighted by Crippen LogP contribution is 2.21. The molecule has 1 aliphatic carbocycles. The standard InChI is InChI=1S/C14H25N3O2/c1-17(11-6-3-2-4-7-11)9-5-8-15-12-10-13(18)16-14(12)19/h11-12,15H,2-10H2,1H3,(H,16,18,19). The SMILES string of the molecule is CN(CCCNC1CC(=O)NC1=O)C1CCCCC1. The maximum Gasteiger partial charge on any atom is 0.244 e. The zero-order valence-corrected chi connectivity index (χ0v) is 11.8. The van der Waals surface area contributed by atoms with Crippen molar-refractivity contribution in [3.63, 3.8) is 0 Å². The van der Waals surface area contributed by atoms with E-state index < -0.39 is 0 Å². The summed E-state index contributed by atoms with van der Waals surface area (Å²) in [5.41, 5.74) is 0. The van der Waals surface area contributed by atoms with Crippen LogP contribution in [0.25, 0.3) is 0 Å². The molecule has 2 rings (SSSR count). The van der Waals surface area contributed by atoms with Gasteiger partial charge in [0.15, 0.2) is 0 Å². The summed E-state index contributed by atoms with van der Waals surface area (Å²) in [5.74, 6) is -0.340. The highest BCUT2D eigenvalue weighted by atomic mass is 16.2. The third kappa shape index (κ3) is 4.28. The number of hydrogen-bond donors (Lipinski definition) is 2. The van der Waals surface area contributed by atoms with Crippen LogP contribution in [0.3, 0.4) is 0 Å². The van der Waals surface area contributed by atoms with Crippen molar-refractivity contribution < 1.29 is 9.59 Å². The van der Waals surface area contributed by atoms with E-state index in [1.54, 1.807) is 0 Å². The zero-order chi connectivity index (χ0) is 13.7. The van der Waals surface area contributed by atoms with E-state index in [2.05, 4.69) is 22.6 Å². The molecule has 1 saturated carbocycles. The molecular weight excluding hydrogens is 242 g/mol. The fourth-order valence-corrected chi connectivity index (χ4v) is 3.03. The molecule has 0 aromatic heterocycles. The minimum Gasteiger partial charge on any atom is -0.305 e. The van der Waals surface area contributed by atoms with E-state index in [1.165, 1.54) is 32.1 Å². The predicted molar refractivity (Wildman–Crippen MR) is 73.7 cm³/mol. The van der Waals surface area contributed by atoms with Gasteiger partial charge in [-0.05, 0) is 39.4 Å². The summed E-state index contributed by atoms with van der Waals surface area (Å²) in [6.07, 6.45) is 8.06. The van der Waals surface area contributed by atoms with Crippen LogP contribution in [-0.2, 0) is 9.59 Å². The van der Waals surface area contributed by atoms with E-state index in [-0.39, 0.29) is 24.3 Å². The number of nitrogens with zero attached hydrogens (tertiary/aromatic N) is 1. The normalized spacial score (nSPS) is 25.1. The quantitative estimate of drug-likeness (QED) is 0.548. The van der Waals surface area contributed by atoms with Crippen molar-refractivity contribution in [3.8, 4) is 0 Å². The Hall–Kier alpha value is -0.940. The van der Waals surface area contributed by atoms with Gasteiger partial charge in [-0.15, -0.1) is 0 Å². The predicted octanol–water partition coefficient (Wildman–Crippen LogP) is 0.646. The molecule has 1 unspecified atom stereocenters. The molecule has 1 saturated heterocycles. The van der Waals surface area contributed by atoms with Crippen LogP contribution in [0, 0.1) is 0 Å². The van der Waals surface area contributed by atoms with Gasteiger partial charge in [-0.2, -0.15) is 0 Å². The van der Waals surface area contributed by atoms with Crippen molar-refractivity contribution in [2.75, 3.05) is 20.1 Å². The van der Waals surface area contributed by atoms with Crippen molar-refractivity contribution in [1.82, 2.24) is 15.5 Å². The lowest BCUT2D eigenvalue weighted by molar-refractivity contribution is -0.125. The van der Waals surface area contributed by atoms with Gasteiger partial charge >= 0.3 is 0 Å². The Kier molecular flexibility index (Phi) is 5.34. The Morgan fingerprint density at radius 3 is 2.63 bits per heavy atom. The highest BCUT2D eigenvalue weighted by molar-refractivity contribution is 6.05. The first-order valence-corrected chi connectivity index (χ1v) is 7.44. The van der Waals surface area contributed by atoms with Crippen LogP contribution in [-0.4, -0.2) is 48.9 Å². The zero-order valence-electron chi connectivity index (χ0n) is 11.8. The Morgan fingerprint density at radius 1 is 1.26 bits per heavy atom. The van der Waals surface area contributed by atoms with Crippen molar-refractivity contribution >= 4 is 11.8 Å². The first-order chi connectivity index (χ1) is 9.16. The fourth-order valence-electron chi connectivity index (χ4n) is 3.03. The topological polar surface area (TPSA) is 61.4 Å². The first kappa shape index (κ1) is 14.5. The second kappa shape index (κ2) is 7.01. The van der Waals surface area contributed by atoms with Gasteiger partial charge in [0.05, 0.1) is 12.5 Å². The van der Waals surface area contributed by atoms with E-state index in [0.29, 0.717) is 0 Å². The van der Waals surface area contributed by atoms with Crippen LogP contribution in [0.4, 0.5) is 0 Å². The van der Waals surface area contributed by atoms with Gasteiger partial charge in [0.2, 0.25) is 11.8 Å². The van der Waals surface area contributed by atoms with Crippen molar-refractivity contribution in [2.24, 2.45) is 0 Å². The Labute approximate surface area is 115 Å². The molecule has 0 aromatic rings. The molecule has 19 heavy (non-hydrogen) atoms. The van der Waals surface area contributed by atoms with E-state index in [4.69, 9.17) is 0 Å². The summed E-state index contributed by atoms with van der Waals surface area (Å²) in [4.78, 5) is 24.8. The number of amides is 2. The minimum atomic E-state index is -0.313. The second-order valence-electron chi connectivity index (χ2n) is 5.75. The maximum absolute atomic E-state index is 11.4. The van der Waals surface area contributed by atoms with Crippen LogP contribution in [0.15, 0.2) is 0 Å². The molecule has 108 valence electrons. The molecule has 1 heterocycles. The van der Waals surface area contributed by atoms with Gasteiger partial charge in [0.1, 0.15) is 0 Å². The van der Waals surface area contributed by atoms with Crippen molar-refractivity contribution in [3.05, 3.63) is 0 Å². The van der Waals surface area contributed by atoms with Crippen LogP contribution >= 0.6 is 0 Å². The number of hydrogen-bond acceptors (Lipinski definition) is 4. The molecule has 0 spiro atoms. The monoisotopic (exact) mass is 267 g/mol. The first-order valence-electron chi connectivity index (χ1n) is 7.44. The smallest absolute Gasteiger partial charge is 0.244 e. The summed E-state index contributed by atoms with van der Waals surface area (Å²) in [5, 5.41) is 5.48. The van der Waals surface area contributed by atoms with Gasteiger partial charge in [-0.1, -0.05) is 19.3 Å². The third-order valence-electron chi connectivity index (χ3n) is 4.25. The van der Waals surface area contributed by atoms with Crippen LogP contribution in [0.5, 0.6) is 0 Å². The second-order valence-corrected chi connectivity index (χ2v) is 5.75. The molecule has 0 radical (unpaired) electrons. The number of rotatable bonds is 6. The van der Waals surface area contributed by atoms with E-state index in [1.807, 2.05) is 0 Å². The molecule has 2 N–H and O–H groups in total. The lowest BCUT2D eigenvalue weighted by Crippen LogP contribution is -2.39. The molecule has 0 aromatic carbocycles. The molecule has 1 atom stereocenters. The van der Waals surface area contributed by atoms with Crippen LogP contribution in [0.2, 0.25) is 0 Å². The summed E-state index contributed by atoms with van der Waals surface area (Å²) in [6.45, 7) is 1.85. The summed E-state index contributed by atoms with van der Waals surface area (Å²) in [7, 11) is 2.20. The highest BCUT2D eigenvalue weighted by Gasteiger charge is 2.29.